The van der Waals surface area contributed by atoms with Crippen molar-refractivity contribution < 1.29 is 9.47 Å². The van der Waals surface area contributed by atoms with E-state index in [2.05, 4.69) is 19.1 Å². The number of hydrogen-bond acceptors (Lipinski definition) is 3. The second-order valence-electron chi connectivity index (χ2n) is 5.36. The van der Waals surface area contributed by atoms with Crippen LogP contribution < -0.4 is 9.47 Å². The van der Waals surface area contributed by atoms with Crippen molar-refractivity contribution in [3.63, 3.8) is 0 Å². The molecule has 1 unspecified atom stereocenters. The Morgan fingerprint density at radius 2 is 1.82 bits per heavy atom. The van der Waals surface area contributed by atoms with Gasteiger partial charge in [-0.3, -0.25) is 0 Å². The quantitative estimate of drug-likeness (QED) is 0.793. The summed E-state index contributed by atoms with van der Waals surface area (Å²) in [7, 11) is 1.63. The molecule has 0 N–H and O–H groups in total. The summed E-state index contributed by atoms with van der Waals surface area (Å²) >= 11 is 0. The van der Waals surface area contributed by atoms with Gasteiger partial charge in [-0.05, 0) is 43.2 Å². The minimum atomic E-state index is -0.170. The average molecular weight is 295 g/mol. The molecule has 0 heterocycles. The van der Waals surface area contributed by atoms with Crippen LogP contribution in [-0.4, -0.2) is 13.7 Å². The number of nitriles is 1. The van der Waals surface area contributed by atoms with Gasteiger partial charge in [-0.25, -0.2) is 0 Å². The van der Waals surface area contributed by atoms with Gasteiger partial charge in [0.25, 0.3) is 0 Å². The van der Waals surface area contributed by atoms with E-state index in [1.54, 1.807) is 7.11 Å². The minimum Gasteiger partial charge on any atom is -0.497 e. The summed E-state index contributed by atoms with van der Waals surface area (Å²) in [5.41, 5.74) is 3.34. The van der Waals surface area contributed by atoms with Gasteiger partial charge in [0, 0.05) is 6.42 Å². The number of nitrogens with zero attached hydrogens (tertiary/aromatic N) is 1. The van der Waals surface area contributed by atoms with Crippen LogP contribution in [0.25, 0.3) is 0 Å². The molecule has 0 bridgehead atoms. The highest BCUT2D eigenvalue weighted by Crippen LogP contribution is 2.23. The highest BCUT2D eigenvalue weighted by atomic mass is 16.5. The molecule has 0 aliphatic carbocycles. The van der Waals surface area contributed by atoms with Gasteiger partial charge in [-0.1, -0.05) is 29.8 Å². The van der Waals surface area contributed by atoms with Crippen molar-refractivity contribution in [2.75, 3.05) is 13.7 Å². The molecule has 0 fully saturated rings. The number of benzene rings is 2. The first-order valence-corrected chi connectivity index (χ1v) is 7.37. The normalized spacial score (nSPS) is 11.5. The summed E-state index contributed by atoms with van der Waals surface area (Å²) in [6.07, 6.45) is 0.663. The molecular formula is C19H21NO2. The van der Waals surface area contributed by atoms with Gasteiger partial charge in [0.05, 0.1) is 25.7 Å². The van der Waals surface area contributed by atoms with E-state index in [-0.39, 0.29) is 5.92 Å². The van der Waals surface area contributed by atoms with Crippen LogP contribution in [0.15, 0.2) is 42.5 Å². The van der Waals surface area contributed by atoms with Gasteiger partial charge in [-0.2, -0.15) is 5.26 Å². The predicted octanol–water partition coefficient (Wildman–Crippen LogP) is 4.39. The molecule has 0 saturated carbocycles. The van der Waals surface area contributed by atoms with Crippen molar-refractivity contribution in [2.24, 2.45) is 0 Å². The molecule has 114 valence electrons. The van der Waals surface area contributed by atoms with Gasteiger partial charge in [-0.15, -0.1) is 0 Å². The molecule has 3 heteroatoms. The molecule has 1 atom stereocenters. The predicted molar refractivity (Wildman–Crippen MR) is 87.4 cm³/mol. The van der Waals surface area contributed by atoms with Crippen LogP contribution in [0.1, 0.15) is 29.0 Å². The molecule has 2 rings (SSSR count). The lowest BCUT2D eigenvalue weighted by atomic mass is 9.97. The van der Waals surface area contributed by atoms with Crippen molar-refractivity contribution >= 4 is 0 Å². The third-order valence-electron chi connectivity index (χ3n) is 3.67. The fraction of sp³-hybridized carbons (Fsp3) is 0.316. The Hall–Kier alpha value is -2.47. The first-order chi connectivity index (χ1) is 10.6. The summed E-state index contributed by atoms with van der Waals surface area (Å²) < 4.78 is 11.0. The maximum Gasteiger partial charge on any atom is 0.122 e. The number of aryl methyl sites for hydroxylation is 2. The number of hydrogen-bond donors (Lipinski definition) is 0. The van der Waals surface area contributed by atoms with E-state index < -0.39 is 0 Å². The largest absolute Gasteiger partial charge is 0.497 e. The van der Waals surface area contributed by atoms with Gasteiger partial charge in [0.15, 0.2) is 0 Å². The topological polar surface area (TPSA) is 42.2 Å². The SMILES string of the molecule is COc1ccc(C(C#N)CCOc2ccc(C)cc2C)cc1. The molecule has 0 spiro atoms. The van der Waals surface area contributed by atoms with Crippen LogP contribution in [0.5, 0.6) is 11.5 Å². The Balaban J connectivity index is 1.94. The van der Waals surface area contributed by atoms with Gasteiger partial charge < -0.3 is 9.47 Å². The van der Waals surface area contributed by atoms with Crippen LogP contribution >= 0.6 is 0 Å². The maximum absolute atomic E-state index is 9.36. The Bertz CT molecular complexity index is 656. The second kappa shape index (κ2) is 7.51. The summed E-state index contributed by atoms with van der Waals surface area (Å²) in [6.45, 7) is 4.62. The molecule has 0 aromatic heterocycles. The van der Waals surface area contributed by atoms with Gasteiger partial charge in [0.2, 0.25) is 0 Å². The Morgan fingerprint density at radius 3 is 2.41 bits per heavy atom. The van der Waals surface area contributed by atoms with Gasteiger partial charge in [0.1, 0.15) is 11.5 Å². The lowest BCUT2D eigenvalue weighted by Gasteiger charge is -2.13. The van der Waals surface area contributed by atoms with Crippen LogP contribution in [0.2, 0.25) is 0 Å². The number of rotatable bonds is 6. The zero-order chi connectivity index (χ0) is 15.9. The summed E-state index contributed by atoms with van der Waals surface area (Å²) in [5.74, 6) is 1.51. The summed E-state index contributed by atoms with van der Waals surface area (Å²) in [4.78, 5) is 0. The van der Waals surface area contributed by atoms with E-state index in [0.717, 1.165) is 22.6 Å². The van der Waals surface area contributed by atoms with Gasteiger partial charge >= 0.3 is 0 Å². The van der Waals surface area contributed by atoms with E-state index in [0.29, 0.717) is 13.0 Å². The van der Waals surface area contributed by atoms with E-state index in [9.17, 15) is 5.26 Å². The highest BCUT2D eigenvalue weighted by Gasteiger charge is 2.11. The fourth-order valence-electron chi connectivity index (χ4n) is 2.39. The average Bonchev–Trinajstić information content (AvgIpc) is 2.53. The minimum absolute atomic E-state index is 0.170. The van der Waals surface area contributed by atoms with Crippen molar-refractivity contribution in [1.29, 1.82) is 5.26 Å². The van der Waals surface area contributed by atoms with Crippen molar-refractivity contribution in [3.8, 4) is 17.6 Å². The molecule has 2 aromatic carbocycles. The number of ether oxygens (including phenoxy) is 2. The Kier molecular flexibility index (Phi) is 5.43. The summed E-state index contributed by atoms with van der Waals surface area (Å²) in [5, 5.41) is 9.36. The molecular weight excluding hydrogens is 274 g/mol. The van der Waals surface area contributed by atoms with Crippen LogP contribution in [-0.2, 0) is 0 Å². The second-order valence-corrected chi connectivity index (χ2v) is 5.36. The molecule has 0 aliphatic heterocycles. The van der Waals surface area contributed by atoms with Crippen molar-refractivity contribution in [3.05, 3.63) is 59.2 Å². The number of methoxy groups -OCH3 is 1. The van der Waals surface area contributed by atoms with E-state index in [1.807, 2.05) is 43.3 Å². The van der Waals surface area contributed by atoms with E-state index >= 15 is 0 Å². The fourth-order valence-corrected chi connectivity index (χ4v) is 2.39. The molecule has 3 nitrogen and oxygen atoms in total. The Morgan fingerprint density at radius 1 is 1.09 bits per heavy atom. The molecule has 2 aromatic rings. The maximum atomic E-state index is 9.36. The van der Waals surface area contributed by atoms with Crippen LogP contribution in [0.4, 0.5) is 0 Å². The first-order valence-electron chi connectivity index (χ1n) is 7.37. The Labute approximate surface area is 132 Å². The summed E-state index contributed by atoms with van der Waals surface area (Å²) in [6, 6.07) is 16.1. The van der Waals surface area contributed by atoms with E-state index in [4.69, 9.17) is 9.47 Å². The van der Waals surface area contributed by atoms with Crippen molar-refractivity contribution in [2.45, 2.75) is 26.2 Å². The third-order valence-corrected chi connectivity index (χ3v) is 3.67. The smallest absolute Gasteiger partial charge is 0.122 e. The van der Waals surface area contributed by atoms with E-state index in [1.165, 1.54) is 5.56 Å². The molecule has 22 heavy (non-hydrogen) atoms. The lowest BCUT2D eigenvalue weighted by molar-refractivity contribution is 0.304. The van der Waals surface area contributed by atoms with Crippen LogP contribution in [0.3, 0.4) is 0 Å². The molecule has 0 saturated heterocycles. The monoisotopic (exact) mass is 295 g/mol. The van der Waals surface area contributed by atoms with Crippen molar-refractivity contribution in [1.82, 2.24) is 0 Å². The molecule has 0 aliphatic rings. The lowest BCUT2D eigenvalue weighted by Crippen LogP contribution is -2.05. The zero-order valence-electron chi connectivity index (χ0n) is 13.3. The molecule has 0 amide bonds. The highest BCUT2D eigenvalue weighted by molar-refractivity contribution is 5.36. The standard InChI is InChI=1S/C19H21NO2/c1-14-4-9-19(15(2)12-14)22-11-10-17(13-20)16-5-7-18(21-3)8-6-16/h4-9,12,17H,10-11H2,1-3H3. The third kappa shape index (κ3) is 4.02. The van der Waals surface area contributed by atoms with Crippen LogP contribution in [0, 0.1) is 25.2 Å². The first kappa shape index (κ1) is 15.9. The zero-order valence-corrected chi connectivity index (χ0v) is 13.3. The molecule has 0 radical (unpaired) electrons.